The molecule has 0 unspecified atom stereocenters. The summed E-state index contributed by atoms with van der Waals surface area (Å²) < 4.78 is 14.6. The van der Waals surface area contributed by atoms with Crippen LogP contribution < -0.4 is 5.73 Å². The number of aromatic nitrogens is 3. The van der Waals surface area contributed by atoms with E-state index in [1.165, 1.54) is 12.1 Å². The number of rotatable bonds is 3. The zero-order chi connectivity index (χ0) is 13.9. The van der Waals surface area contributed by atoms with E-state index < -0.39 is 0 Å². The van der Waals surface area contributed by atoms with E-state index in [0.717, 1.165) is 16.8 Å². The molecule has 0 saturated heterocycles. The van der Waals surface area contributed by atoms with Crippen LogP contribution in [-0.2, 0) is 6.54 Å². The average molecular weight is 268 g/mol. The smallest absolute Gasteiger partial charge is 0.123 e. The molecule has 0 atom stereocenters. The van der Waals surface area contributed by atoms with Gasteiger partial charge in [0.1, 0.15) is 11.5 Å². The predicted molar refractivity (Wildman–Crippen MR) is 75.4 cm³/mol. The maximum atomic E-state index is 12.9. The van der Waals surface area contributed by atoms with Crippen LogP contribution in [-0.4, -0.2) is 14.8 Å². The molecule has 0 aliphatic heterocycles. The Morgan fingerprint density at radius 1 is 1.05 bits per heavy atom. The van der Waals surface area contributed by atoms with Gasteiger partial charge in [0.05, 0.1) is 12.2 Å². The maximum absolute atomic E-state index is 12.9. The molecule has 0 spiro atoms. The summed E-state index contributed by atoms with van der Waals surface area (Å²) in [5.41, 5.74) is 9.22. The van der Waals surface area contributed by atoms with Crippen molar-refractivity contribution in [2.24, 2.45) is 0 Å². The molecule has 3 aromatic rings. The minimum atomic E-state index is -0.244. The van der Waals surface area contributed by atoms with Gasteiger partial charge in [-0.05, 0) is 29.8 Å². The first kappa shape index (κ1) is 12.3. The molecule has 5 heteroatoms. The van der Waals surface area contributed by atoms with Gasteiger partial charge in [-0.25, -0.2) is 4.39 Å². The number of benzene rings is 1. The fourth-order valence-corrected chi connectivity index (χ4v) is 2.03. The topological polar surface area (TPSA) is 56.7 Å². The summed E-state index contributed by atoms with van der Waals surface area (Å²) in [6.45, 7) is 0.551. The van der Waals surface area contributed by atoms with Crippen LogP contribution in [0.1, 0.15) is 5.56 Å². The maximum Gasteiger partial charge on any atom is 0.123 e. The second-order valence-corrected chi connectivity index (χ2v) is 4.49. The van der Waals surface area contributed by atoms with Crippen molar-refractivity contribution in [1.82, 2.24) is 14.8 Å². The van der Waals surface area contributed by atoms with Crippen LogP contribution in [0.3, 0.4) is 0 Å². The Labute approximate surface area is 115 Å². The Hall–Kier alpha value is -2.69. The normalized spacial score (nSPS) is 10.7. The highest BCUT2D eigenvalue weighted by Gasteiger charge is 2.08. The lowest BCUT2D eigenvalue weighted by atomic mass is 10.2. The van der Waals surface area contributed by atoms with E-state index in [1.54, 1.807) is 35.4 Å². The third-order valence-electron chi connectivity index (χ3n) is 3.00. The lowest BCUT2D eigenvalue weighted by molar-refractivity contribution is 0.624. The zero-order valence-corrected chi connectivity index (χ0v) is 10.7. The highest BCUT2D eigenvalue weighted by molar-refractivity contribution is 5.71. The van der Waals surface area contributed by atoms with Crippen molar-refractivity contribution in [3.63, 3.8) is 0 Å². The second-order valence-electron chi connectivity index (χ2n) is 4.49. The number of nitrogens with two attached hydrogens (primary N) is 1. The number of halogens is 1. The molecular weight excluding hydrogens is 255 g/mol. The molecular formula is C15H13FN4. The van der Waals surface area contributed by atoms with Crippen LogP contribution in [0.2, 0.25) is 0 Å². The molecule has 0 aliphatic rings. The Kier molecular flexibility index (Phi) is 3.16. The largest absolute Gasteiger partial charge is 0.396 e. The molecule has 4 nitrogen and oxygen atoms in total. The first-order valence-electron chi connectivity index (χ1n) is 6.20. The van der Waals surface area contributed by atoms with Gasteiger partial charge >= 0.3 is 0 Å². The molecule has 1 aromatic carbocycles. The van der Waals surface area contributed by atoms with Gasteiger partial charge in [0.2, 0.25) is 0 Å². The average Bonchev–Trinajstić information content (AvgIpc) is 2.83. The molecule has 0 fully saturated rings. The molecule has 0 bridgehead atoms. The van der Waals surface area contributed by atoms with Crippen LogP contribution in [0.25, 0.3) is 11.3 Å². The van der Waals surface area contributed by atoms with Crippen LogP contribution >= 0.6 is 0 Å². The van der Waals surface area contributed by atoms with Gasteiger partial charge in [-0.2, -0.15) is 5.10 Å². The number of nitrogens with zero attached hydrogens (tertiary/aromatic N) is 3. The van der Waals surface area contributed by atoms with E-state index in [-0.39, 0.29) is 5.82 Å². The molecule has 0 radical (unpaired) electrons. The number of anilines is 1. The Bertz CT molecular complexity index is 704. The summed E-state index contributed by atoms with van der Waals surface area (Å²) in [6.07, 6.45) is 5.18. The SMILES string of the molecule is Nc1cn(Cc2ccc(F)cc2)nc1-c1ccncc1. The molecule has 0 amide bonds. The highest BCUT2D eigenvalue weighted by atomic mass is 19.1. The molecule has 100 valence electrons. The third-order valence-corrected chi connectivity index (χ3v) is 3.00. The van der Waals surface area contributed by atoms with E-state index in [1.807, 2.05) is 12.1 Å². The van der Waals surface area contributed by atoms with Crippen LogP contribution in [0.15, 0.2) is 55.0 Å². The molecule has 2 heterocycles. The third kappa shape index (κ3) is 2.51. The zero-order valence-electron chi connectivity index (χ0n) is 10.7. The molecule has 3 rings (SSSR count). The van der Waals surface area contributed by atoms with Gasteiger partial charge in [0.15, 0.2) is 0 Å². The summed E-state index contributed by atoms with van der Waals surface area (Å²) in [7, 11) is 0. The Morgan fingerprint density at radius 3 is 2.45 bits per heavy atom. The number of pyridine rings is 1. The van der Waals surface area contributed by atoms with Crippen molar-refractivity contribution in [3.05, 3.63) is 66.4 Å². The molecule has 0 saturated carbocycles. The first-order valence-corrected chi connectivity index (χ1v) is 6.20. The minimum absolute atomic E-state index is 0.244. The lowest BCUT2D eigenvalue weighted by Crippen LogP contribution is -2.00. The van der Waals surface area contributed by atoms with Crippen molar-refractivity contribution in [3.8, 4) is 11.3 Å². The second kappa shape index (κ2) is 5.13. The van der Waals surface area contributed by atoms with Crippen molar-refractivity contribution >= 4 is 5.69 Å². The Balaban J connectivity index is 1.87. The monoisotopic (exact) mass is 268 g/mol. The van der Waals surface area contributed by atoms with Gasteiger partial charge < -0.3 is 5.73 Å². The number of hydrogen-bond acceptors (Lipinski definition) is 3. The fraction of sp³-hybridized carbons (Fsp3) is 0.0667. The molecule has 2 aromatic heterocycles. The number of hydrogen-bond donors (Lipinski definition) is 1. The van der Waals surface area contributed by atoms with Crippen molar-refractivity contribution in [2.45, 2.75) is 6.54 Å². The van der Waals surface area contributed by atoms with Crippen molar-refractivity contribution in [1.29, 1.82) is 0 Å². The molecule has 0 aliphatic carbocycles. The summed E-state index contributed by atoms with van der Waals surface area (Å²) in [6, 6.07) is 10.1. The minimum Gasteiger partial charge on any atom is -0.396 e. The number of nitrogen functional groups attached to an aromatic ring is 1. The summed E-state index contributed by atoms with van der Waals surface area (Å²) in [5, 5.41) is 4.47. The van der Waals surface area contributed by atoms with Crippen molar-refractivity contribution < 1.29 is 4.39 Å². The van der Waals surface area contributed by atoms with E-state index in [0.29, 0.717) is 12.2 Å². The highest BCUT2D eigenvalue weighted by Crippen LogP contribution is 2.23. The fourth-order valence-electron chi connectivity index (χ4n) is 2.03. The van der Waals surface area contributed by atoms with Gasteiger partial charge in [-0.3, -0.25) is 9.67 Å². The van der Waals surface area contributed by atoms with Crippen molar-refractivity contribution in [2.75, 3.05) is 5.73 Å². The quantitative estimate of drug-likeness (QED) is 0.794. The first-order chi connectivity index (χ1) is 9.72. The van der Waals surface area contributed by atoms with E-state index in [9.17, 15) is 4.39 Å². The van der Waals surface area contributed by atoms with E-state index >= 15 is 0 Å². The summed E-state index contributed by atoms with van der Waals surface area (Å²) in [4.78, 5) is 3.97. The van der Waals surface area contributed by atoms with Crippen LogP contribution in [0.5, 0.6) is 0 Å². The van der Waals surface area contributed by atoms with Gasteiger partial charge in [-0.1, -0.05) is 12.1 Å². The van der Waals surface area contributed by atoms with Crippen LogP contribution in [0, 0.1) is 5.82 Å². The van der Waals surface area contributed by atoms with Gasteiger partial charge in [0.25, 0.3) is 0 Å². The standard InChI is InChI=1S/C15H13FN4/c16-13-3-1-11(2-4-13)9-20-10-14(17)15(19-20)12-5-7-18-8-6-12/h1-8,10H,9,17H2. The van der Waals surface area contributed by atoms with E-state index in [4.69, 9.17) is 5.73 Å². The summed E-state index contributed by atoms with van der Waals surface area (Å²) in [5.74, 6) is -0.244. The van der Waals surface area contributed by atoms with Gasteiger partial charge in [-0.15, -0.1) is 0 Å². The summed E-state index contributed by atoms with van der Waals surface area (Å²) >= 11 is 0. The van der Waals surface area contributed by atoms with Crippen LogP contribution in [0.4, 0.5) is 10.1 Å². The molecule has 20 heavy (non-hydrogen) atoms. The molecule has 2 N–H and O–H groups in total. The predicted octanol–water partition coefficient (Wildman–Crippen LogP) is 2.71. The van der Waals surface area contributed by atoms with E-state index in [2.05, 4.69) is 10.1 Å². The van der Waals surface area contributed by atoms with Gasteiger partial charge in [0, 0.05) is 24.2 Å². The lowest BCUT2D eigenvalue weighted by Gasteiger charge is -2.01. The Morgan fingerprint density at radius 2 is 1.75 bits per heavy atom.